The van der Waals surface area contributed by atoms with Gasteiger partial charge < -0.3 is 15.0 Å². The lowest BCUT2D eigenvalue weighted by Crippen LogP contribution is -2.37. The maximum atomic E-state index is 12.3. The van der Waals surface area contributed by atoms with Crippen LogP contribution in [0.5, 0.6) is 0 Å². The van der Waals surface area contributed by atoms with E-state index in [1.807, 2.05) is 51.2 Å². The van der Waals surface area contributed by atoms with Gasteiger partial charge in [0.15, 0.2) is 0 Å². The fourth-order valence-corrected chi connectivity index (χ4v) is 3.67. The molecule has 1 aromatic carbocycles. The number of carbonyl (C=O) groups excluding carboxylic acids is 1. The molecule has 0 unspecified atom stereocenters. The molecule has 1 saturated carbocycles. The molecule has 140 valence electrons. The van der Waals surface area contributed by atoms with Crippen LogP contribution in [0.15, 0.2) is 34.9 Å². The summed E-state index contributed by atoms with van der Waals surface area (Å²) in [6, 6.07) is 7.92. The summed E-state index contributed by atoms with van der Waals surface area (Å²) in [6.07, 6.45) is 6.01. The van der Waals surface area contributed by atoms with Gasteiger partial charge in [0, 0.05) is 4.47 Å². The maximum absolute atomic E-state index is 12.3. The average Bonchev–Trinajstić information content (AvgIpc) is 3.24. The first-order valence-electron chi connectivity index (χ1n) is 9.12. The molecule has 2 N–H and O–H groups in total. The summed E-state index contributed by atoms with van der Waals surface area (Å²) in [5.41, 5.74) is 1.49. The normalized spacial score (nSPS) is 16.5. The summed E-state index contributed by atoms with van der Waals surface area (Å²) in [5, 5.41) is 3.04. The molecule has 1 aliphatic carbocycles. The Bertz CT molecular complexity index is 743. The first-order valence-corrected chi connectivity index (χ1v) is 9.91. The van der Waals surface area contributed by atoms with Crippen LogP contribution in [-0.4, -0.2) is 21.7 Å². The standard InChI is InChI=1S/C20H26BrN3O2/c1-20(2,3)26-19(25)24-17(14-6-4-5-7-14)18-22-12-16(23-18)13-8-10-15(21)11-9-13/h8-12,14,17H,4-7H2,1-3H3,(H,22,23)(H,24,25)/t17-/m0/s1. The van der Waals surface area contributed by atoms with Crippen molar-refractivity contribution in [3.63, 3.8) is 0 Å². The average molecular weight is 420 g/mol. The molecule has 1 heterocycles. The zero-order valence-corrected chi connectivity index (χ0v) is 17.1. The van der Waals surface area contributed by atoms with Gasteiger partial charge in [-0.15, -0.1) is 0 Å². The van der Waals surface area contributed by atoms with Crippen molar-refractivity contribution in [1.82, 2.24) is 15.3 Å². The summed E-state index contributed by atoms with van der Waals surface area (Å²) >= 11 is 3.45. The number of alkyl carbamates (subject to hydrolysis) is 1. The highest BCUT2D eigenvalue weighted by molar-refractivity contribution is 9.10. The van der Waals surface area contributed by atoms with Crippen LogP contribution >= 0.6 is 15.9 Å². The third-order valence-electron chi connectivity index (χ3n) is 4.59. The minimum atomic E-state index is -0.518. The van der Waals surface area contributed by atoms with Crippen LogP contribution in [0.2, 0.25) is 0 Å². The van der Waals surface area contributed by atoms with Crippen LogP contribution in [0.1, 0.15) is 58.3 Å². The topological polar surface area (TPSA) is 67.0 Å². The van der Waals surface area contributed by atoms with E-state index in [1.54, 1.807) is 0 Å². The Hall–Kier alpha value is -1.82. The third-order valence-corrected chi connectivity index (χ3v) is 5.12. The number of aromatic nitrogens is 2. The Morgan fingerprint density at radius 3 is 2.54 bits per heavy atom. The smallest absolute Gasteiger partial charge is 0.408 e. The number of hydrogen-bond donors (Lipinski definition) is 2. The first-order chi connectivity index (χ1) is 12.3. The molecule has 0 saturated heterocycles. The number of rotatable bonds is 4. The van der Waals surface area contributed by atoms with E-state index in [0.717, 1.165) is 34.4 Å². The molecule has 2 aromatic rings. The third kappa shape index (κ3) is 4.87. The van der Waals surface area contributed by atoms with E-state index >= 15 is 0 Å². The van der Waals surface area contributed by atoms with Gasteiger partial charge in [0.2, 0.25) is 0 Å². The number of hydrogen-bond acceptors (Lipinski definition) is 3. The zero-order chi connectivity index (χ0) is 18.7. The number of H-pyrrole nitrogens is 1. The number of nitrogens with zero attached hydrogens (tertiary/aromatic N) is 1. The lowest BCUT2D eigenvalue weighted by molar-refractivity contribution is 0.0482. The fraction of sp³-hybridized carbons (Fsp3) is 0.500. The summed E-state index contributed by atoms with van der Waals surface area (Å²) in [5.74, 6) is 1.17. The van der Waals surface area contributed by atoms with Crippen molar-refractivity contribution < 1.29 is 9.53 Å². The first kappa shape index (κ1) is 19.0. The number of aromatic amines is 1. The zero-order valence-electron chi connectivity index (χ0n) is 15.5. The van der Waals surface area contributed by atoms with E-state index in [2.05, 4.69) is 31.2 Å². The van der Waals surface area contributed by atoms with Gasteiger partial charge in [-0.2, -0.15) is 0 Å². The lowest BCUT2D eigenvalue weighted by atomic mass is 9.97. The van der Waals surface area contributed by atoms with Crippen LogP contribution in [0, 0.1) is 5.92 Å². The summed E-state index contributed by atoms with van der Waals surface area (Å²) in [7, 11) is 0. The van der Waals surface area contributed by atoms with Crippen molar-refractivity contribution in [1.29, 1.82) is 0 Å². The Balaban J connectivity index is 1.80. The number of carbonyl (C=O) groups is 1. The number of imidazole rings is 1. The van der Waals surface area contributed by atoms with Crippen LogP contribution in [-0.2, 0) is 4.74 Å². The molecule has 1 aromatic heterocycles. The van der Waals surface area contributed by atoms with E-state index in [4.69, 9.17) is 4.74 Å². The van der Waals surface area contributed by atoms with E-state index in [1.165, 1.54) is 12.8 Å². The SMILES string of the molecule is CC(C)(C)OC(=O)N[C@H](c1ncc(-c2ccc(Br)cc2)[nH]1)C1CCCC1. The van der Waals surface area contributed by atoms with Gasteiger partial charge in [-0.05, 0) is 57.2 Å². The van der Waals surface area contributed by atoms with Crippen LogP contribution < -0.4 is 5.32 Å². The molecule has 26 heavy (non-hydrogen) atoms. The molecule has 3 rings (SSSR count). The fourth-order valence-electron chi connectivity index (χ4n) is 3.41. The van der Waals surface area contributed by atoms with Gasteiger partial charge in [-0.1, -0.05) is 40.9 Å². The number of benzene rings is 1. The number of ether oxygens (including phenoxy) is 1. The van der Waals surface area contributed by atoms with Crippen molar-refractivity contribution in [2.75, 3.05) is 0 Å². The second-order valence-corrected chi connectivity index (χ2v) is 8.77. The van der Waals surface area contributed by atoms with Crippen molar-refractivity contribution in [3.05, 3.63) is 40.8 Å². The number of nitrogens with one attached hydrogen (secondary N) is 2. The van der Waals surface area contributed by atoms with Gasteiger partial charge >= 0.3 is 6.09 Å². The second kappa shape index (κ2) is 7.82. The minimum absolute atomic E-state index is 0.156. The highest BCUT2D eigenvalue weighted by Gasteiger charge is 2.31. The Kier molecular flexibility index (Phi) is 5.70. The summed E-state index contributed by atoms with van der Waals surface area (Å²) in [6.45, 7) is 5.61. The van der Waals surface area contributed by atoms with Gasteiger partial charge in [-0.3, -0.25) is 0 Å². The predicted octanol–water partition coefficient (Wildman–Crippen LogP) is 5.60. The van der Waals surface area contributed by atoms with Gasteiger partial charge in [0.25, 0.3) is 0 Å². The van der Waals surface area contributed by atoms with Crippen molar-refractivity contribution in [2.45, 2.75) is 58.1 Å². The van der Waals surface area contributed by atoms with Gasteiger partial charge in [-0.25, -0.2) is 9.78 Å². The van der Waals surface area contributed by atoms with E-state index in [0.29, 0.717) is 5.92 Å². The van der Waals surface area contributed by atoms with Crippen LogP contribution in [0.3, 0.4) is 0 Å². The maximum Gasteiger partial charge on any atom is 0.408 e. The Morgan fingerprint density at radius 2 is 1.92 bits per heavy atom. The van der Waals surface area contributed by atoms with Crippen molar-refractivity contribution in [3.8, 4) is 11.3 Å². The molecular weight excluding hydrogens is 394 g/mol. The largest absolute Gasteiger partial charge is 0.444 e. The molecule has 1 atom stereocenters. The van der Waals surface area contributed by atoms with E-state index in [-0.39, 0.29) is 6.04 Å². The van der Waals surface area contributed by atoms with Gasteiger partial charge in [0.1, 0.15) is 11.4 Å². The van der Waals surface area contributed by atoms with Crippen LogP contribution in [0.25, 0.3) is 11.3 Å². The molecule has 6 heteroatoms. The minimum Gasteiger partial charge on any atom is -0.444 e. The lowest BCUT2D eigenvalue weighted by Gasteiger charge is -2.26. The highest BCUT2D eigenvalue weighted by atomic mass is 79.9. The quantitative estimate of drug-likeness (QED) is 0.677. The Morgan fingerprint density at radius 1 is 1.27 bits per heavy atom. The summed E-state index contributed by atoms with van der Waals surface area (Å²) in [4.78, 5) is 20.3. The molecule has 1 amide bonds. The number of halogens is 1. The molecule has 1 aliphatic rings. The number of amides is 1. The molecule has 0 spiro atoms. The monoisotopic (exact) mass is 419 g/mol. The summed E-state index contributed by atoms with van der Waals surface area (Å²) < 4.78 is 6.50. The van der Waals surface area contributed by atoms with Crippen molar-refractivity contribution in [2.24, 2.45) is 5.92 Å². The molecule has 0 aliphatic heterocycles. The second-order valence-electron chi connectivity index (χ2n) is 7.86. The molecule has 0 bridgehead atoms. The van der Waals surface area contributed by atoms with Crippen LogP contribution in [0.4, 0.5) is 4.79 Å². The predicted molar refractivity (Wildman–Crippen MR) is 106 cm³/mol. The Labute approximate surface area is 163 Å². The van der Waals surface area contributed by atoms with E-state index < -0.39 is 11.7 Å². The molecular formula is C20H26BrN3O2. The molecule has 1 fully saturated rings. The van der Waals surface area contributed by atoms with Gasteiger partial charge in [0.05, 0.1) is 17.9 Å². The van der Waals surface area contributed by atoms with E-state index in [9.17, 15) is 4.79 Å². The molecule has 0 radical (unpaired) electrons. The highest BCUT2D eigenvalue weighted by Crippen LogP contribution is 2.35. The molecule has 5 nitrogen and oxygen atoms in total. The van der Waals surface area contributed by atoms with Crippen molar-refractivity contribution >= 4 is 22.0 Å².